The summed E-state index contributed by atoms with van der Waals surface area (Å²) < 4.78 is 10.8. The maximum atomic E-state index is 5.42. The molecular weight excluding hydrogens is 351 g/mol. The molecule has 1 aliphatic rings. The molecule has 0 spiro atoms. The molecule has 1 saturated heterocycles. The topological polar surface area (TPSA) is 18.5 Å². The van der Waals surface area contributed by atoms with Crippen molar-refractivity contribution in [3.8, 4) is 0 Å². The smallest absolute Gasteiger partial charge is 0.166 e. The van der Waals surface area contributed by atoms with Crippen LogP contribution in [-0.2, 0) is 9.47 Å². The summed E-state index contributed by atoms with van der Waals surface area (Å²) in [5.74, 6) is -0.326. The van der Waals surface area contributed by atoms with E-state index >= 15 is 0 Å². The van der Waals surface area contributed by atoms with Crippen molar-refractivity contribution in [1.82, 2.24) is 0 Å². The molecule has 1 rings (SSSR count). The second-order valence-corrected chi connectivity index (χ2v) is 2.86. The Morgan fingerprint density at radius 2 is 1.79 bits per heavy atom. The van der Waals surface area contributed by atoms with Crippen LogP contribution in [0.4, 0.5) is 0 Å². The number of hydrogen-bond acceptors (Lipinski definition) is 2. The molecule has 5 heteroatoms. The Labute approximate surface area is 132 Å². The zero-order chi connectivity index (χ0) is 8.16. The van der Waals surface area contributed by atoms with Crippen molar-refractivity contribution >= 4 is 0 Å². The second-order valence-electron chi connectivity index (χ2n) is 2.86. The summed E-state index contributed by atoms with van der Waals surface area (Å²) in [7, 11) is 0. The normalized spacial score (nSPS) is 18.1. The molecular formula is C9H15CeCl2O2-2. The van der Waals surface area contributed by atoms with Crippen LogP contribution in [0.1, 0.15) is 26.7 Å². The molecule has 1 radical (unpaired) electrons. The average molecular weight is 366 g/mol. The maximum Gasteiger partial charge on any atom is 0.166 e. The van der Waals surface area contributed by atoms with Crippen LogP contribution >= 0.6 is 0 Å². The fraction of sp³-hybridized carbons (Fsp3) is 0.778. The summed E-state index contributed by atoms with van der Waals surface area (Å²) >= 11 is 0. The summed E-state index contributed by atoms with van der Waals surface area (Å²) in [4.78, 5) is 0. The van der Waals surface area contributed by atoms with Gasteiger partial charge in [0, 0.05) is 48.2 Å². The van der Waals surface area contributed by atoms with E-state index in [0.29, 0.717) is 0 Å². The van der Waals surface area contributed by atoms with Crippen LogP contribution in [0.25, 0.3) is 0 Å². The van der Waals surface area contributed by atoms with Gasteiger partial charge >= 0.3 is 0 Å². The van der Waals surface area contributed by atoms with Gasteiger partial charge in [0.1, 0.15) is 0 Å². The van der Waals surface area contributed by atoms with Gasteiger partial charge in [-0.2, -0.15) is 0 Å². The predicted molar refractivity (Wildman–Crippen MR) is 43.0 cm³/mol. The van der Waals surface area contributed by atoms with E-state index in [9.17, 15) is 0 Å². The van der Waals surface area contributed by atoms with Crippen molar-refractivity contribution in [3.63, 3.8) is 0 Å². The molecule has 0 amide bonds. The minimum atomic E-state index is -0.326. The third-order valence-electron chi connectivity index (χ3n) is 1.85. The molecule has 14 heavy (non-hydrogen) atoms. The van der Waals surface area contributed by atoms with E-state index in [0.717, 1.165) is 26.1 Å². The Balaban J connectivity index is -0.000000403. The summed E-state index contributed by atoms with van der Waals surface area (Å²) in [5, 5.41) is 0. The quantitative estimate of drug-likeness (QED) is 0.506. The van der Waals surface area contributed by atoms with E-state index in [-0.39, 0.29) is 72.3 Å². The minimum absolute atomic E-state index is 0. The molecule has 1 fully saturated rings. The molecule has 0 saturated carbocycles. The molecule has 0 aliphatic carbocycles. The Morgan fingerprint density at radius 3 is 2.21 bits per heavy atom. The van der Waals surface area contributed by atoms with Crippen LogP contribution in [0.5, 0.6) is 0 Å². The summed E-state index contributed by atoms with van der Waals surface area (Å²) in [6, 6.07) is 0. The van der Waals surface area contributed by atoms with Gasteiger partial charge in [0.05, 0.1) is 13.2 Å². The Morgan fingerprint density at radius 1 is 1.29 bits per heavy atom. The van der Waals surface area contributed by atoms with Gasteiger partial charge in [0.2, 0.25) is 0 Å². The van der Waals surface area contributed by atoms with E-state index in [2.05, 4.69) is 6.08 Å². The van der Waals surface area contributed by atoms with Crippen molar-refractivity contribution in [2.24, 2.45) is 0 Å². The fourth-order valence-electron chi connectivity index (χ4n) is 1.18. The van der Waals surface area contributed by atoms with Gasteiger partial charge in [-0.25, -0.2) is 0 Å². The zero-order valence-electron chi connectivity index (χ0n) is 8.48. The van der Waals surface area contributed by atoms with Crippen molar-refractivity contribution in [3.05, 3.63) is 12.2 Å². The standard InChI is InChI=1S/C9H15O2.Ce.2ClH/c1-3-4-5-6-9(2)10-7-8-11-9;;;/h4H,5-8H2,1-2H3;;2*1H/p-2. The van der Waals surface area contributed by atoms with Crippen molar-refractivity contribution in [2.75, 3.05) is 13.2 Å². The summed E-state index contributed by atoms with van der Waals surface area (Å²) in [6.07, 6.45) is 6.89. The molecule has 0 bridgehead atoms. The largest absolute Gasteiger partial charge is 1.00 e. The molecule has 0 N–H and O–H groups in total. The first-order chi connectivity index (χ1) is 5.27. The molecule has 83 valence electrons. The SMILES string of the molecule is C[C]=CCCC1(C)OCCO1.[Ce].[Cl-].[Cl-]. The Kier molecular flexibility index (Phi) is 16.6. The number of rotatable bonds is 3. The molecule has 1 aliphatic heterocycles. The zero-order valence-corrected chi connectivity index (χ0v) is 13.1. The van der Waals surface area contributed by atoms with E-state index in [4.69, 9.17) is 9.47 Å². The molecule has 1 heterocycles. The van der Waals surface area contributed by atoms with Crippen LogP contribution < -0.4 is 24.8 Å². The molecule has 0 aromatic heterocycles. The van der Waals surface area contributed by atoms with Crippen LogP contribution in [-0.4, -0.2) is 19.0 Å². The van der Waals surface area contributed by atoms with Crippen molar-refractivity contribution in [2.45, 2.75) is 32.5 Å². The fourth-order valence-corrected chi connectivity index (χ4v) is 1.18. The monoisotopic (exact) mass is 365 g/mol. The number of allylic oxidation sites excluding steroid dienone is 2. The summed E-state index contributed by atoms with van der Waals surface area (Å²) in [6.45, 7) is 5.36. The van der Waals surface area contributed by atoms with Gasteiger partial charge < -0.3 is 34.3 Å². The van der Waals surface area contributed by atoms with Crippen LogP contribution in [0.3, 0.4) is 0 Å². The van der Waals surface area contributed by atoms with Gasteiger partial charge in [0.25, 0.3) is 0 Å². The number of ether oxygens (including phenoxy) is 2. The molecule has 0 aromatic carbocycles. The van der Waals surface area contributed by atoms with Crippen LogP contribution in [0.15, 0.2) is 6.08 Å². The average Bonchev–Trinajstić information content (AvgIpc) is 2.38. The van der Waals surface area contributed by atoms with Gasteiger partial charge in [0.15, 0.2) is 5.79 Å². The molecule has 2 nitrogen and oxygen atoms in total. The minimum Gasteiger partial charge on any atom is -1.00 e. The Hall–Kier alpha value is 1.62. The Bertz CT molecular complexity index is 148. The first-order valence-electron chi connectivity index (χ1n) is 4.04. The van der Waals surface area contributed by atoms with E-state index < -0.39 is 0 Å². The first kappa shape index (κ1) is 21.0. The van der Waals surface area contributed by atoms with Crippen molar-refractivity contribution < 1.29 is 76.0 Å². The predicted octanol–water partition coefficient (Wildman–Crippen LogP) is -4.08. The van der Waals surface area contributed by atoms with E-state index in [1.807, 2.05) is 19.9 Å². The van der Waals surface area contributed by atoms with Gasteiger partial charge in [-0.15, -0.1) is 0 Å². The maximum absolute atomic E-state index is 5.42. The number of halogens is 2. The van der Waals surface area contributed by atoms with Gasteiger partial charge in [-0.3, -0.25) is 0 Å². The van der Waals surface area contributed by atoms with Gasteiger partial charge in [-0.05, 0) is 20.3 Å². The number of hydrogen-bond donors (Lipinski definition) is 0. The third-order valence-corrected chi connectivity index (χ3v) is 1.85. The summed E-state index contributed by atoms with van der Waals surface area (Å²) in [5.41, 5.74) is 0. The van der Waals surface area contributed by atoms with Crippen LogP contribution in [0.2, 0.25) is 0 Å². The third kappa shape index (κ3) is 7.85. The molecule has 0 aromatic rings. The van der Waals surface area contributed by atoms with Crippen molar-refractivity contribution in [1.29, 1.82) is 0 Å². The van der Waals surface area contributed by atoms with Crippen LogP contribution in [0, 0.1) is 47.8 Å². The first-order valence-corrected chi connectivity index (χ1v) is 4.04. The molecule has 0 unspecified atom stereocenters. The van der Waals surface area contributed by atoms with E-state index in [1.165, 1.54) is 0 Å². The van der Waals surface area contributed by atoms with Gasteiger partial charge in [-0.1, -0.05) is 12.2 Å². The van der Waals surface area contributed by atoms with E-state index in [1.54, 1.807) is 0 Å². The molecule has 0 atom stereocenters. The second kappa shape index (κ2) is 11.1.